The molecule has 0 fully saturated rings. The van der Waals surface area contributed by atoms with Gasteiger partial charge in [0, 0.05) is 0 Å². The maximum Gasteiger partial charge on any atom is 0.168 e. The van der Waals surface area contributed by atoms with Crippen molar-refractivity contribution in [3.05, 3.63) is 53.3 Å². The van der Waals surface area contributed by atoms with Gasteiger partial charge in [0.2, 0.25) is 0 Å². The third-order valence-corrected chi connectivity index (χ3v) is 2.90. The van der Waals surface area contributed by atoms with Crippen LogP contribution >= 0.6 is 0 Å². The van der Waals surface area contributed by atoms with Crippen molar-refractivity contribution in [3.8, 4) is 16.9 Å². The summed E-state index contributed by atoms with van der Waals surface area (Å²) in [4.78, 5) is 0. The highest BCUT2D eigenvalue weighted by atomic mass is 19.1. The largest absolute Gasteiger partial charge is 0.494 e. The average molecular weight is 230 g/mol. The first-order chi connectivity index (χ1) is 8.13. The summed E-state index contributed by atoms with van der Waals surface area (Å²) in [6.07, 6.45) is 0. The topological polar surface area (TPSA) is 9.23 Å². The molecule has 0 atom stereocenters. The predicted molar refractivity (Wildman–Crippen MR) is 67.9 cm³/mol. The zero-order valence-electron chi connectivity index (χ0n) is 10.3. The molecule has 0 aromatic heterocycles. The Kier molecular flexibility index (Phi) is 3.14. The molecule has 0 unspecified atom stereocenters. The number of halogens is 1. The Balaban J connectivity index is 2.57. The minimum absolute atomic E-state index is 0.286. The van der Waals surface area contributed by atoms with Gasteiger partial charge in [0.1, 0.15) is 0 Å². The van der Waals surface area contributed by atoms with Crippen LogP contribution in [0.3, 0.4) is 0 Å². The van der Waals surface area contributed by atoms with Crippen molar-refractivity contribution < 1.29 is 9.13 Å². The highest BCUT2D eigenvalue weighted by molar-refractivity contribution is 5.69. The van der Waals surface area contributed by atoms with E-state index in [2.05, 4.69) is 0 Å². The first-order valence-corrected chi connectivity index (χ1v) is 5.53. The van der Waals surface area contributed by atoms with E-state index in [0.29, 0.717) is 11.3 Å². The molecule has 2 aromatic carbocycles. The van der Waals surface area contributed by atoms with Gasteiger partial charge in [-0.05, 0) is 36.6 Å². The Morgan fingerprint density at radius 2 is 1.82 bits per heavy atom. The summed E-state index contributed by atoms with van der Waals surface area (Å²) >= 11 is 0. The lowest BCUT2D eigenvalue weighted by atomic mass is 9.98. The molecule has 0 aliphatic heterocycles. The zero-order chi connectivity index (χ0) is 12.4. The molecule has 0 radical (unpaired) electrons. The number of methoxy groups -OCH3 is 1. The Bertz CT molecular complexity index is 547. The molecular formula is C15H15FO. The normalized spacial score (nSPS) is 10.4. The van der Waals surface area contributed by atoms with Gasteiger partial charge in [0.05, 0.1) is 7.11 Å². The minimum atomic E-state index is -0.286. The van der Waals surface area contributed by atoms with Crippen molar-refractivity contribution in [1.29, 1.82) is 0 Å². The molecule has 0 aliphatic carbocycles. The fourth-order valence-electron chi connectivity index (χ4n) is 1.94. The summed E-state index contributed by atoms with van der Waals surface area (Å²) in [5.74, 6) is 0.00501. The summed E-state index contributed by atoms with van der Waals surface area (Å²) in [6, 6.07) is 11.6. The Hall–Kier alpha value is -1.83. The molecule has 2 heteroatoms. The van der Waals surface area contributed by atoms with Crippen LogP contribution in [0.2, 0.25) is 0 Å². The van der Waals surface area contributed by atoms with Crippen molar-refractivity contribution in [1.82, 2.24) is 0 Å². The van der Waals surface area contributed by atoms with Gasteiger partial charge in [-0.3, -0.25) is 0 Å². The quantitative estimate of drug-likeness (QED) is 0.754. The Morgan fingerprint density at radius 3 is 2.47 bits per heavy atom. The summed E-state index contributed by atoms with van der Waals surface area (Å²) in [5.41, 5.74) is 3.73. The van der Waals surface area contributed by atoms with Gasteiger partial charge < -0.3 is 4.74 Å². The lowest BCUT2D eigenvalue weighted by Crippen LogP contribution is -1.94. The van der Waals surface area contributed by atoms with Crippen molar-refractivity contribution in [3.63, 3.8) is 0 Å². The van der Waals surface area contributed by atoms with Gasteiger partial charge in [-0.1, -0.05) is 35.9 Å². The van der Waals surface area contributed by atoms with Crippen LogP contribution in [0.1, 0.15) is 11.1 Å². The molecular weight excluding hydrogens is 215 g/mol. The van der Waals surface area contributed by atoms with Gasteiger partial charge in [0.25, 0.3) is 0 Å². The van der Waals surface area contributed by atoms with E-state index in [-0.39, 0.29) is 5.82 Å². The Morgan fingerprint density at radius 1 is 1.06 bits per heavy atom. The Labute approximate surface area is 101 Å². The number of rotatable bonds is 2. The minimum Gasteiger partial charge on any atom is -0.494 e. The van der Waals surface area contributed by atoms with Crippen LogP contribution in [0.5, 0.6) is 5.75 Å². The van der Waals surface area contributed by atoms with E-state index >= 15 is 0 Å². The van der Waals surface area contributed by atoms with Gasteiger partial charge in [-0.25, -0.2) is 4.39 Å². The molecule has 0 heterocycles. The number of benzene rings is 2. The van der Waals surface area contributed by atoms with Crippen LogP contribution in [-0.2, 0) is 0 Å². The van der Waals surface area contributed by atoms with Crippen LogP contribution in [0, 0.1) is 19.7 Å². The molecule has 0 saturated heterocycles. The molecule has 2 rings (SSSR count). The van der Waals surface area contributed by atoms with E-state index in [4.69, 9.17) is 4.74 Å². The first-order valence-electron chi connectivity index (χ1n) is 5.53. The van der Waals surface area contributed by atoms with Gasteiger partial charge in [-0.2, -0.15) is 0 Å². The molecule has 0 saturated carbocycles. The van der Waals surface area contributed by atoms with E-state index < -0.39 is 0 Å². The monoisotopic (exact) mass is 230 g/mol. The van der Waals surface area contributed by atoms with Gasteiger partial charge in [0.15, 0.2) is 11.6 Å². The molecule has 17 heavy (non-hydrogen) atoms. The highest BCUT2D eigenvalue weighted by Gasteiger charge is 2.11. The second-order valence-electron chi connectivity index (χ2n) is 4.12. The lowest BCUT2D eigenvalue weighted by Gasteiger charge is -2.10. The van der Waals surface area contributed by atoms with Crippen LogP contribution in [0.4, 0.5) is 4.39 Å². The van der Waals surface area contributed by atoms with Gasteiger partial charge in [-0.15, -0.1) is 0 Å². The zero-order valence-corrected chi connectivity index (χ0v) is 10.3. The van der Waals surface area contributed by atoms with E-state index in [0.717, 1.165) is 16.7 Å². The fraction of sp³-hybridized carbons (Fsp3) is 0.200. The SMILES string of the molecule is COc1ccc(-c2cccc(C)c2)c(C)c1F. The second-order valence-corrected chi connectivity index (χ2v) is 4.12. The molecule has 0 spiro atoms. The smallest absolute Gasteiger partial charge is 0.168 e. The summed E-state index contributed by atoms with van der Waals surface area (Å²) in [5, 5.41) is 0. The lowest BCUT2D eigenvalue weighted by molar-refractivity contribution is 0.385. The average Bonchev–Trinajstić information content (AvgIpc) is 2.32. The maximum atomic E-state index is 13.9. The number of hydrogen-bond acceptors (Lipinski definition) is 1. The molecule has 0 amide bonds. The third kappa shape index (κ3) is 2.16. The molecule has 88 valence electrons. The number of hydrogen-bond donors (Lipinski definition) is 0. The predicted octanol–water partition coefficient (Wildman–Crippen LogP) is 4.12. The maximum absolute atomic E-state index is 13.9. The summed E-state index contributed by atoms with van der Waals surface area (Å²) in [6.45, 7) is 3.80. The van der Waals surface area contributed by atoms with Crippen LogP contribution in [0.15, 0.2) is 36.4 Å². The standard InChI is InChI=1S/C15H15FO/c1-10-5-4-6-12(9-10)13-7-8-14(17-3)15(16)11(13)2/h4-9H,1-3H3. The second kappa shape index (κ2) is 4.58. The van der Waals surface area contributed by atoms with Crippen LogP contribution in [-0.4, -0.2) is 7.11 Å². The van der Waals surface area contributed by atoms with Crippen molar-refractivity contribution in [2.24, 2.45) is 0 Å². The number of aryl methyl sites for hydroxylation is 1. The van der Waals surface area contributed by atoms with Crippen molar-refractivity contribution in [2.75, 3.05) is 7.11 Å². The molecule has 2 aromatic rings. The fourth-order valence-corrected chi connectivity index (χ4v) is 1.94. The van der Waals surface area contributed by atoms with Crippen molar-refractivity contribution >= 4 is 0 Å². The first kappa shape index (κ1) is 11.6. The third-order valence-electron chi connectivity index (χ3n) is 2.90. The summed E-state index contributed by atoms with van der Waals surface area (Å²) < 4.78 is 18.9. The van der Waals surface area contributed by atoms with E-state index in [9.17, 15) is 4.39 Å². The van der Waals surface area contributed by atoms with Crippen LogP contribution < -0.4 is 4.74 Å². The molecule has 0 N–H and O–H groups in total. The molecule has 0 aliphatic rings. The van der Waals surface area contributed by atoms with Crippen LogP contribution in [0.25, 0.3) is 11.1 Å². The summed E-state index contributed by atoms with van der Waals surface area (Å²) in [7, 11) is 1.48. The highest BCUT2D eigenvalue weighted by Crippen LogP contribution is 2.30. The molecule has 0 bridgehead atoms. The van der Waals surface area contributed by atoms with E-state index in [1.54, 1.807) is 13.0 Å². The van der Waals surface area contributed by atoms with Crippen molar-refractivity contribution in [2.45, 2.75) is 13.8 Å². The number of ether oxygens (including phenoxy) is 1. The molecule has 1 nitrogen and oxygen atoms in total. The van der Waals surface area contributed by atoms with E-state index in [1.807, 2.05) is 37.3 Å². The van der Waals surface area contributed by atoms with E-state index in [1.165, 1.54) is 7.11 Å². The van der Waals surface area contributed by atoms with Gasteiger partial charge >= 0.3 is 0 Å².